The molecule has 3 rings (SSSR count). The molecule has 2 aromatic rings. The van der Waals surface area contributed by atoms with Gasteiger partial charge in [-0.3, -0.25) is 9.78 Å². The number of amides is 1. The fourth-order valence-electron chi connectivity index (χ4n) is 3.15. The molecule has 0 spiro atoms. The predicted molar refractivity (Wildman–Crippen MR) is 120 cm³/mol. The van der Waals surface area contributed by atoms with Gasteiger partial charge in [-0.05, 0) is 18.6 Å². The number of hydrogen-bond acceptors (Lipinski definition) is 6. The lowest BCUT2D eigenvalue weighted by Gasteiger charge is -2.24. The van der Waals surface area contributed by atoms with Gasteiger partial charge in [0, 0.05) is 55.9 Å². The van der Waals surface area contributed by atoms with Crippen LogP contribution in [0.5, 0.6) is 0 Å². The molecule has 1 aromatic heterocycles. The quantitative estimate of drug-likeness (QED) is 0.665. The summed E-state index contributed by atoms with van der Waals surface area (Å²) in [4.78, 5) is 18.1. The molecule has 1 fully saturated rings. The van der Waals surface area contributed by atoms with Crippen molar-refractivity contribution < 1.29 is 13.2 Å². The number of nitrogens with zero attached hydrogens (tertiary/aromatic N) is 3. The molecule has 164 valence electrons. The Balaban J connectivity index is 0.00000261. The minimum absolute atomic E-state index is 0. The van der Waals surface area contributed by atoms with Gasteiger partial charge in [-0.1, -0.05) is 12.1 Å². The highest BCUT2D eigenvalue weighted by Gasteiger charge is 2.30. The van der Waals surface area contributed by atoms with E-state index in [0.717, 1.165) is 5.39 Å². The van der Waals surface area contributed by atoms with Gasteiger partial charge in [0.05, 0.1) is 10.9 Å². The maximum Gasteiger partial charge on any atom is 0.243 e. The Morgan fingerprint density at radius 3 is 2.52 bits per heavy atom. The van der Waals surface area contributed by atoms with E-state index >= 15 is 0 Å². The van der Waals surface area contributed by atoms with Gasteiger partial charge in [-0.15, -0.1) is 37.2 Å². The molecule has 12 heteroatoms. The summed E-state index contributed by atoms with van der Waals surface area (Å²) in [6.45, 7) is 1.43. The first kappa shape index (κ1) is 27.8. The maximum absolute atomic E-state index is 13.2. The molecule has 0 radical (unpaired) electrons. The van der Waals surface area contributed by atoms with Crippen LogP contribution in [0.2, 0.25) is 0 Å². The second-order valence-electron chi connectivity index (χ2n) is 6.28. The molecule has 0 aliphatic carbocycles. The van der Waals surface area contributed by atoms with E-state index in [4.69, 9.17) is 11.5 Å². The minimum atomic E-state index is -3.68. The van der Waals surface area contributed by atoms with Crippen LogP contribution >= 0.6 is 37.2 Å². The number of pyridine rings is 1. The number of carbonyl (C=O) groups is 1. The largest absolute Gasteiger partial charge is 0.340 e. The van der Waals surface area contributed by atoms with Crippen molar-refractivity contribution in [2.24, 2.45) is 11.5 Å². The first-order chi connectivity index (χ1) is 12.4. The van der Waals surface area contributed by atoms with Gasteiger partial charge in [0.25, 0.3) is 0 Å². The number of hydrogen-bond donors (Lipinski definition) is 2. The van der Waals surface area contributed by atoms with Gasteiger partial charge in [-0.25, -0.2) is 8.42 Å². The number of benzene rings is 1. The summed E-state index contributed by atoms with van der Waals surface area (Å²) in [7, 11) is -3.68. The van der Waals surface area contributed by atoms with E-state index in [0.29, 0.717) is 31.4 Å². The Morgan fingerprint density at radius 2 is 1.83 bits per heavy atom. The van der Waals surface area contributed by atoms with Crippen LogP contribution in [0.25, 0.3) is 10.8 Å². The van der Waals surface area contributed by atoms with Crippen molar-refractivity contribution in [3.63, 3.8) is 0 Å². The van der Waals surface area contributed by atoms with Gasteiger partial charge < -0.3 is 16.4 Å². The summed E-state index contributed by atoms with van der Waals surface area (Å²) >= 11 is 0. The van der Waals surface area contributed by atoms with E-state index in [1.807, 2.05) is 6.07 Å². The number of carbonyl (C=O) groups excluding carboxylic acids is 1. The molecule has 0 bridgehead atoms. The van der Waals surface area contributed by atoms with Gasteiger partial charge in [0.2, 0.25) is 15.9 Å². The van der Waals surface area contributed by atoms with Gasteiger partial charge in [0.1, 0.15) is 0 Å². The normalized spacial score (nSPS) is 16.0. The Bertz CT molecular complexity index is 911. The van der Waals surface area contributed by atoms with Gasteiger partial charge in [0.15, 0.2) is 0 Å². The third-order valence-corrected chi connectivity index (χ3v) is 6.55. The Labute approximate surface area is 189 Å². The lowest BCUT2D eigenvalue weighted by atomic mass is 10.2. The number of fused-ring (bicyclic) bond motifs is 1. The molecule has 1 saturated heterocycles. The molecule has 8 nitrogen and oxygen atoms in total. The third-order valence-electron chi connectivity index (χ3n) is 4.60. The Morgan fingerprint density at radius 1 is 1.10 bits per heavy atom. The molecule has 0 saturated carbocycles. The van der Waals surface area contributed by atoms with Crippen LogP contribution in [0.15, 0.2) is 41.6 Å². The SMILES string of the molecule is Cl.Cl.Cl.NC[C@@H](N)C(=O)N1CCCN(S(=O)(=O)c2cccc3cnccc23)CC1. The van der Waals surface area contributed by atoms with Crippen molar-refractivity contribution in [3.05, 3.63) is 36.7 Å². The standard InChI is InChI=1S/C17H23N5O3S.3ClH/c18-11-15(19)17(23)21-7-2-8-22(10-9-21)26(24,25)16-4-1-3-13-12-20-6-5-14(13)16;;;/h1,3-6,12,15H,2,7-11,18-19H2;3*1H/t15-;;;/m1.../s1. The number of aromatic nitrogens is 1. The summed E-state index contributed by atoms with van der Waals surface area (Å²) in [5, 5.41) is 1.42. The lowest BCUT2D eigenvalue weighted by molar-refractivity contribution is -0.132. The minimum Gasteiger partial charge on any atom is -0.340 e. The fourth-order valence-corrected chi connectivity index (χ4v) is 4.83. The second kappa shape index (κ2) is 11.8. The van der Waals surface area contributed by atoms with Crippen molar-refractivity contribution in [1.29, 1.82) is 0 Å². The molecule has 2 heterocycles. The van der Waals surface area contributed by atoms with Crippen LogP contribution in [-0.4, -0.2) is 67.3 Å². The number of nitrogens with two attached hydrogens (primary N) is 2. The number of sulfonamides is 1. The van der Waals surface area contributed by atoms with Gasteiger partial charge >= 0.3 is 0 Å². The zero-order valence-corrected chi connectivity index (χ0v) is 18.9. The van der Waals surface area contributed by atoms with Crippen LogP contribution in [0.4, 0.5) is 0 Å². The summed E-state index contributed by atoms with van der Waals surface area (Å²) in [5.74, 6) is -0.233. The zero-order valence-electron chi connectivity index (χ0n) is 15.6. The van der Waals surface area contributed by atoms with E-state index in [1.54, 1.807) is 35.5 Å². The van der Waals surface area contributed by atoms with Crippen molar-refractivity contribution in [1.82, 2.24) is 14.2 Å². The van der Waals surface area contributed by atoms with Crippen LogP contribution < -0.4 is 11.5 Å². The number of halogens is 3. The van der Waals surface area contributed by atoms with E-state index in [2.05, 4.69) is 4.98 Å². The fraction of sp³-hybridized carbons (Fsp3) is 0.412. The lowest BCUT2D eigenvalue weighted by Crippen LogP contribution is -2.48. The molecule has 1 amide bonds. The van der Waals surface area contributed by atoms with Crippen LogP contribution in [0.3, 0.4) is 0 Å². The van der Waals surface area contributed by atoms with E-state index in [1.165, 1.54) is 4.31 Å². The average molecular weight is 487 g/mol. The summed E-state index contributed by atoms with van der Waals surface area (Å²) in [6, 6.07) is 6.11. The molecular formula is C17H26Cl3N5O3S. The van der Waals surface area contributed by atoms with Gasteiger partial charge in [-0.2, -0.15) is 4.31 Å². The Kier molecular flexibility index (Phi) is 11.4. The highest BCUT2D eigenvalue weighted by atomic mass is 35.5. The van der Waals surface area contributed by atoms with Crippen molar-refractivity contribution >= 4 is 63.9 Å². The van der Waals surface area contributed by atoms with Crippen LogP contribution in [-0.2, 0) is 14.8 Å². The summed E-state index contributed by atoms with van der Waals surface area (Å²) < 4.78 is 27.8. The smallest absolute Gasteiger partial charge is 0.243 e. The van der Waals surface area contributed by atoms with E-state index < -0.39 is 16.1 Å². The van der Waals surface area contributed by atoms with Crippen molar-refractivity contribution in [2.45, 2.75) is 17.4 Å². The molecule has 0 unspecified atom stereocenters. The topological polar surface area (TPSA) is 123 Å². The van der Waals surface area contributed by atoms with Crippen molar-refractivity contribution in [3.8, 4) is 0 Å². The summed E-state index contributed by atoms with van der Waals surface area (Å²) in [5.41, 5.74) is 11.2. The van der Waals surface area contributed by atoms with E-state index in [9.17, 15) is 13.2 Å². The summed E-state index contributed by atoms with van der Waals surface area (Å²) in [6.07, 6.45) is 3.78. The average Bonchev–Trinajstić information content (AvgIpc) is 2.93. The number of rotatable bonds is 4. The maximum atomic E-state index is 13.2. The first-order valence-corrected chi connectivity index (χ1v) is 9.96. The van der Waals surface area contributed by atoms with Crippen LogP contribution in [0.1, 0.15) is 6.42 Å². The Hall–Kier alpha value is -1.20. The second-order valence-corrected chi connectivity index (χ2v) is 8.18. The molecule has 1 aliphatic rings. The molecular weight excluding hydrogens is 461 g/mol. The third kappa shape index (κ3) is 5.91. The molecule has 1 atom stereocenters. The molecule has 29 heavy (non-hydrogen) atoms. The monoisotopic (exact) mass is 485 g/mol. The first-order valence-electron chi connectivity index (χ1n) is 8.52. The molecule has 4 N–H and O–H groups in total. The van der Waals surface area contributed by atoms with Crippen LogP contribution in [0, 0.1) is 0 Å². The van der Waals surface area contributed by atoms with E-state index in [-0.39, 0.29) is 61.1 Å². The highest BCUT2D eigenvalue weighted by Crippen LogP contribution is 2.25. The van der Waals surface area contributed by atoms with Crippen molar-refractivity contribution in [2.75, 3.05) is 32.7 Å². The zero-order chi connectivity index (χ0) is 18.7. The predicted octanol–water partition coefficient (Wildman–Crippen LogP) is 1.01. The highest BCUT2D eigenvalue weighted by molar-refractivity contribution is 7.89. The molecule has 1 aromatic carbocycles. The molecule has 1 aliphatic heterocycles.